The van der Waals surface area contributed by atoms with Crippen molar-refractivity contribution >= 4 is 16.9 Å². The fourth-order valence-corrected chi connectivity index (χ4v) is 3.82. The lowest BCUT2D eigenvalue weighted by Gasteiger charge is -2.13. The fourth-order valence-electron chi connectivity index (χ4n) is 3.82. The Morgan fingerprint density at radius 3 is 2.79 bits per heavy atom. The first-order valence-corrected chi connectivity index (χ1v) is 9.84. The molecule has 152 valence electrons. The van der Waals surface area contributed by atoms with Crippen LogP contribution in [-0.4, -0.2) is 27.8 Å². The molecule has 3 aromatic rings. The number of amides is 1. The van der Waals surface area contributed by atoms with E-state index in [1.165, 1.54) is 4.57 Å². The normalized spacial score (nSPS) is 15.2. The molecule has 0 aliphatic carbocycles. The van der Waals surface area contributed by atoms with Crippen LogP contribution in [0, 0.1) is 0 Å². The Morgan fingerprint density at radius 2 is 2.03 bits per heavy atom. The molecule has 1 aliphatic heterocycles. The average Bonchev–Trinajstić information content (AvgIpc) is 3.18. The monoisotopic (exact) mass is 395 g/mol. The maximum absolute atomic E-state index is 12.6. The Morgan fingerprint density at radius 1 is 1.28 bits per heavy atom. The number of nitrogens with one attached hydrogen (secondary N) is 1. The first-order chi connectivity index (χ1) is 14.0. The van der Waals surface area contributed by atoms with E-state index < -0.39 is 0 Å². The van der Waals surface area contributed by atoms with Crippen molar-refractivity contribution in [3.8, 4) is 11.5 Å². The fraction of sp³-hybridized carbons (Fsp3) is 0.364. The zero-order valence-corrected chi connectivity index (χ0v) is 16.9. The summed E-state index contributed by atoms with van der Waals surface area (Å²) in [5.41, 5.74) is 3.31. The van der Waals surface area contributed by atoms with Crippen molar-refractivity contribution in [1.29, 1.82) is 0 Å². The molecule has 0 spiro atoms. The van der Waals surface area contributed by atoms with E-state index in [2.05, 4.69) is 5.32 Å². The number of nitrogens with zero attached hydrogens (tertiary/aromatic N) is 2. The molecule has 1 amide bonds. The van der Waals surface area contributed by atoms with Gasteiger partial charge in [-0.25, -0.2) is 4.79 Å². The first kappa shape index (κ1) is 19.1. The molecule has 2 aromatic carbocycles. The highest BCUT2D eigenvalue weighted by atomic mass is 16.5. The molecule has 0 bridgehead atoms. The van der Waals surface area contributed by atoms with Gasteiger partial charge in [0.05, 0.1) is 17.6 Å². The lowest BCUT2D eigenvalue weighted by molar-refractivity contribution is -0.121. The Balaban J connectivity index is 1.52. The van der Waals surface area contributed by atoms with Gasteiger partial charge in [-0.15, -0.1) is 0 Å². The topological polar surface area (TPSA) is 74.5 Å². The van der Waals surface area contributed by atoms with Gasteiger partial charge in [0, 0.05) is 31.1 Å². The summed E-state index contributed by atoms with van der Waals surface area (Å²) in [4.78, 5) is 25.1. The molecule has 0 saturated carbocycles. The Kier molecular flexibility index (Phi) is 5.05. The molecule has 0 saturated heterocycles. The van der Waals surface area contributed by atoms with Crippen LogP contribution in [0.2, 0.25) is 0 Å². The average molecular weight is 395 g/mol. The van der Waals surface area contributed by atoms with E-state index in [-0.39, 0.29) is 24.2 Å². The van der Waals surface area contributed by atoms with E-state index in [1.54, 1.807) is 11.6 Å². The third-order valence-corrected chi connectivity index (χ3v) is 5.21. The van der Waals surface area contributed by atoms with Gasteiger partial charge < -0.3 is 14.8 Å². The zero-order valence-electron chi connectivity index (χ0n) is 16.9. The van der Waals surface area contributed by atoms with Crippen molar-refractivity contribution in [3.63, 3.8) is 0 Å². The van der Waals surface area contributed by atoms with E-state index in [0.717, 1.165) is 40.1 Å². The molecule has 2 heterocycles. The Labute approximate surface area is 168 Å². The summed E-state index contributed by atoms with van der Waals surface area (Å²) in [6.07, 6.45) is 0.994. The molecule has 0 fully saturated rings. The summed E-state index contributed by atoms with van der Waals surface area (Å²) < 4.78 is 14.6. The highest BCUT2D eigenvalue weighted by Gasteiger charge is 2.22. The number of rotatable bonds is 6. The van der Waals surface area contributed by atoms with Gasteiger partial charge in [0.15, 0.2) is 0 Å². The van der Waals surface area contributed by atoms with Crippen LogP contribution < -0.4 is 20.5 Å². The summed E-state index contributed by atoms with van der Waals surface area (Å²) in [5, 5.41) is 2.91. The molecule has 7 heteroatoms. The second-order valence-electron chi connectivity index (χ2n) is 7.33. The predicted molar refractivity (Wildman–Crippen MR) is 110 cm³/mol. The molecule has 1 aliphatic rings. The zero-order chi connectivity index (χ0) is 20.5. The van der Waals surface area contributed by atoms with Gasteiger partial charge in [-0.05, 0) is 38.1 Å². The molecule has 7 nitrogen and oxygen atoms in total. The van der Waals surface area contributed by atoms with Crippen LogP contribution in [0.5, 0.6) is 11.5 Å². The number of aryl methyl sites for hydroxylation is 1. The number of fused-ring (bicyclic) bond motifs is 2. The SMILES string of the molecule is CCOc1cc2c(cc1CNC(=O)Cn1c(=O)n(C)c3ccccc31)OC(C)C2. The maximum Gasteiger partial charge on any atom is 0.329 e. The van der Waals surface area contributed by atoms with Gasteiger partial charge >= 0.3 is 5.69 Å². The summed E-state index contributed by atoms with van der Waals surface area (Å²) in [6.45, 7) is 4.77. The highest BCUT2D eigenvalue weighted by Crippen LogP contribution is 2.35. The Bertz CT molecular complexity index is 1130. The van der Waals surface area contributed by atoms with Crippen LogP contribution in [0.25, 0.3) is 11.0 Å². The third-order valence-electron chi connectivity index (χ3n) is 5.21. The largest absolute Gasteiger partial charge is 0.494 e. The van der Waals surface area contributed by atoms with Crippen LogP contribution in [-0.2, 0) is 31.4 Å². The molecule has 1 unspecified atom stereocenters. The molecule has 1 aromatic heterocycles. The van der Waals surface area contributed by atoms with Crippen molar-refractivity contribution in [1.82, 2.24) is 14.5 Å². The van der Waals surface area contributed by atoms with Gasteiger partial charge in [0.2, 0.25) is 5.91 Å². The van der Waals surface area contributed by atoms with Crippen LogP contribution in [0.1, 0.15) is 25.0 Å². The number of carbonyl (C=O) groups excluding carboxylic acids is 1. The van der Waals surface area contributed by atoms with Crippen molar-refractivity contribution in [3.05, 3.63) is 58.0 Å². The molecular weight excluding hydrogens is 370 g/mol. The minimum atomic E-state index is -0.235. The number of hydrogen-bond acceptors (Lipinski definition) is 4. The summed E-state index contributed by atoms with van der Waals surface area (Å²) in [7, 11) is 1.71. The molecule has 4 rings (SSSR count). The number of imidazole rings is 1. The summed E-state index contributed by atoms with van der Waals surface area (Å²) in [5.74, 6) is 1.36. The van der Waals surface area contributed by atoms with Gasteiger partial charge in [0.1, 0.15) is 24.1 Å². The van der Waals surface area contributed by atoms with Crippen molar-refractivity contribution in [2.75, 3.05) is 6.61 Å². The van der Waals surface area contributed by atoms with E-state index in [4.69, 9.17) is 9.47 Å². The van der Waals surface area contributed by atoms with Gasteiger partial charge in [0.25, 0.3) is 0 Å². The lowest BCUT2D eigenvalue weighted by atomic mass is 10.1. The predicted octanol–water partition coefficient (Wildman–Crippen LogP) is 2.38. The van der Waals surface area contributed by atoms with Crippen molar-refractivity contribution in [2.45, 2.75) is 39.5 Å². The van der Waals surface area contributed by atoms with Crippen LogP contribution >= 0.6 is 0 Å². The van der Waals surface area contributed by atoms with Gasteiger partial charge in [-0.2, -0.15) is 0 Å². The third kappa shape index (κ3) is 3.60. The van der Waals surface area contributed by atoms with Crippen molar-refractivity contribution < 1.29 is 14.3 Å². The molecule has 0 radical (unpaired) electrons. The highest BCUT2D eigenvalue weighted by molar-refractivity contribution is 5.81. The van der Waals surface area contributed by atoms with E-state index in [9.17, 15) is 9.59 Å². The molecule has 1 N–H and O–H groups in total. The number of aromatic nitrogens is 2. The quantitative estimate of drug-likeness (QED) is 0.695. The van der Waals surface area contributed by atoms with Crippen LogP contribution in [0.15, 0.2) is 41.2 Å². The molecular formula is C22H25N3O4. The first-order valence-electron chi connectivity index (χ1n) is 9.84. The number of hydrogen-bond donors (Lipinski definition) is 1. The maximum atomic E-state index is 12.6. The van der Waals surface area contributed by atoms with Crippen molar-refractivity contribution in [2.24, 2.45) is 7.05 Å². The number of para-hydroxylation sites is 2. The minimum absolute atomic E-state index is 0.0391. The van der Waals surface area contributed by atoms with E-state index in [0.29, 0.717) is 13.2 Å². The standard InChI is InChI=1S/C22H25N3O4/c1-4-28-19-10-15-9-14(2)29-20(15)11-16(19)12-23-21(26)13-25-18-8-6-5-7-17(18)24(3)22(25)27/h5-8,10-11,14H,4,9,12-13H2,1-3H3,(H,23,26). The summed E-state index contributed by atoms with van der Waals surface area (Å²) >= 11 is 0. The van der Waals surface area contributed by atoms with E-state index >= 15 is 0 Å². The van der Waals surface area contributed by atoms with Gasteiger partial charge in [-0.3, -0.25) is 13.9 Å². The number of benzene rings is 2. The molecule has 29 heavy (non-hydrogen) atoms. The number of carbonyl (C=O) groups is 1. The lowest BCUT2D eigenvalue weighted by Crippen LogP contribution is -2.32. The Hall–Kier alpha value is -3.22. The summed E-state index contributed by atoms with van der Waals surface area (Å²) in [6, 6.07) is 11.4. The minimum Gasteiger partial charge on any atom is -0.494 e. The second kappa shape index (κ2) is 7.66. The smallest absolute Gasteiger partial charge is 0.329 e. The van der Waals surface area contributed by atoms with Crippen LogP contribution in [0.4, 0.5) is 0 Å². The number of ether oxygens (including phenoxy) is 2. The van der Waals surface area contributed by atoms with Gasteiger partial charge in [-0.1, -0.05) is 12.1 Å². The van der Waals surface area contributed by atoms with Crippen LogP contribution in [0.3, 0.4) is 0 Å². The molecule has 1 atom stereocenters. The second-order valence-corrected chi connectivity index (χ2v) is 7.33. The van der Waals surface area contributed by atoms with E-state index in [1.807, 2.05) is 50.2 Å².